The van der Waals surface area contributed by atoms with Crippen molar-refractivity contribution >= 4 is 23.3 Å². The molecule has 3 aromatic carbocycles. The number of hydrogen-bond donors (Lipinski definition) is 4. The van der Waals surface area contributed by atoms with Crippen molar-refractivity contribution in [2.24, 2.45) is 17.8 Å². The van der Waals surface area contributed by atoms with E-state index in [2.05, 4.69) is 15.5 Å². The molecule has 0 aromatic heterocycles. The number of halogens is 1. The van der Waals surface area contributed by atoms with E-state index in [0.29, 0.717) is 30.8 Å². The Morgan fingerprint density at radius 3 is 2.18 bits per heavy atom. The molecule has 4 saturated carbocycles. The molecule has 2 aliphatic heterocycles. The van der Waals surface area contributed by atoms with Crippen LogP contribution in [-0.2, 0) is 21.7 Å². The van der Waals surface area contributed by atoms with Crippen molar-refractivity contribution < 1.29 is 24.5 Å². The Hall–Kier alpha value is -2.98. The zero-order chi connectivity index (χ0) is 33.6. The Kier molecular flexibility index (Phi) is 9.23. The van der Waals surface area contributed by atoms with Gasteiger partial charge in [0, 0.05) is 47.9 Å². The second kappa shape index (κ2) is 13.6. The fourth-order valence-corrected chi connectivity index (χ4v) is 10.0. The van der Waals surface area contributed by atoms with Gasteiger partial charge in [-0.25, -0.2) is 4.79 Å². The number of nitrogens with zero attached hydrogens (tertiary/aromatic N) is 1. The topological polar surface area (TPSA) is 103 Å². The Morgan fingerprint density at radius 1 is 0.857 bits per heavy atom. The quantitative estimate of drug-likeness (QED) is 0.196. The lowest BCUT2D eigenvalue weighted by Crippen LogP contribution is -2.60. The highest BCUT2D eigenvalue weighted by molar-refractivity contribution is 6.30. The van der Waals surface area contributed by atoms with E-state index in [-0.39, 0.29) is 30.4 Å². The fraction of sp³-hybridized carbons (Fsp3) is 0.525. The molecule has 6 aliphatic rings. The fourth-order valence-electron chi connectivity index (χ4n) is 9.91. The highest BCUT2D eigenvalue weighted by Gasteiger charge is 2.51. The Balaban J connectivity index is 0.952. The van der Waals surface area contributed by atoms with Gasteiger partial charge in [0.1, 0.15) is 0 Å². The average Bonchev–Trinajstić information content (AvgIpc) is 3.09. The molecule has 4 aliphatic carbocycles. The number of anilines is 1. The van der Waals surface area contributed by atoms with E-state index in [1.54, 1.807) is 0 Å². The van der Waals surface area contributed by atoms with Gasteiger partial charge < -0.3 is 35.2 Å². The summed E-state index contributed by atoms with van der Waals surface area (Å²) in [6, 6.07) is 23.1. The van der Waals surface area contributed by atoms with Gasteiger partial charge >= 0.3 is 6.03 Å². The summed E-state index contributed by atoms with van der Waals surface area (Å²) in [5.41, 5.74) is 3.45. The molecule has 4 N–H and O–H groups in total. The van der Waals surface area contributed by atoms with Crippen LogP contribution in [0, 0.1) is 17.8 Å². The zero-order valence-corrected chi connectivity index (χ0v) is 28.8. The molecule has 9 heteroatoms. The first-order chi connectivity index (χ1) is 23.7. The van der Waals surface area contributed by atoms with Crippen LogP contribution in [0.2, 0.25) is 5.02 Å². The van der Waals surface area contributed by atoms with Crippen LogP contribution in [0.5, 0.6) is 0 Å². The number of carbonyl (C=O) groups excluding carboxylic acids is 1. The molecule has 0 radical (unpaired) electrons. The number of aliphatic hydroxyl groups excluding tert-OH is 1. The third kappa shape index (κ3) is 7.27. The first-order valence-corrected chi connectivity index (χ1v) is 18.5. The third-order valence-electron chi connectivity index (χ3n) is 12.0. The molecule has 0 unspecified atom stereocenters. The lowest BCUT2D eigenvalue weighted by molar-refractivity contribution is -0.253. The summed E-state index contributed by atoms with van der Waals surface area (Å²) in [5.74, 6) is 2.28. The predicted octanol–water partition coefficient (Wildman–Crippen LogP) is 7.45. The minimum Gasteiger partial charge on any atom is -0.392 e. The summed E-state index contributed by atoms with van der Waals surface area (Å²) in [6.45, 7) is 2.21. The van der Waals surface area contributed by atoms with E-state index in [9.17, 15) is 15.0 Å². The van der Waals surface area contributed by atoms with Crippen molar-refractivity contribution in [3.63, 3.8) is 0 Å². The largest absolute Gasteiger partial charge is 0.392 e. The number of carbonyl (C=O) groups is 1. The smallest absolute Gasteiger partial charge is 0.319 e. The Morgan fingerprint density at radius 2 is 1.53 bits per heavy atom. The summed E-state index contributed by atoms with van der Waals surface area (Å²) in [4.78, 5) is 15.7. The Bertz CT molecular complexity index is 1590. The van der Waals surface area contributed by atoms with Crippen LogP contribution in [0.4, 0.5) is 10.5 Å². The second-order valence-electron chi connectivity index (χ2n) is 15.6. The molecule has 6 fully saturated rings. The maximum absolute atomic E-state index is 13.4. The summed E-state index contributed by atoms with van der Waals surface area (Å²) in [6.07, 6.45) is 8.33. The van der Waals surface area contributed by atoms with Gasteiger partial charge in [0.2, 0.25) is 0 Å². The molecule has 0 spiro atoms. The molecule has 2 heterocycles. The zero-order valence-electron chi connectivity index (χ0n) is 28.0. The van der Waals surface area contributed by atoms with Gasteiger partial charge in [-0.05, 0) is 110 Å². The lowest BCUT2D eigenvalue weighted by Gasteiger charge is -2.56. The monoisotopic (exact) mass is 685 g/mol. The number of piperidine rings is 1. The molecule has 9 rings (SSSR count). The molecule has 4 bridgehead atoms. The van der Waals surface area contributed by atoms with E-state index in [1.165, 1.54) is 19.3 Å². The maximum Gasteiger partial charge on any atom is 0.319 e. The van der Waals surface area contributed by atoms with Crippen molar-refractivity contribution in [3.05, 3.63) is 100 Å². The minimum absolute atomic E-state index is 0.00622. The van der Waals surface area contributed by atoms with E-state index >= 15 is 0 Å². The number of ether oxygens (including phenoxy) is 2. The van der Waals surface area contributed by atoms with Crippen LogP contribution in [0.1, 0.15) is 92.4 Å². The Labute approximate surface area is 294 Å². The van der Waals surface area contributed by atoms with Crippen molar-refractivity contribution in [3.8, 4) is 0 Å². The molecule has 260 valence electrons. The molecule has 2 amide bonds. The average molecular weight is 686 g/mol. The highest BCUT2D eigenvalue weighted by atomic mass is 35.5. The summed E-state index contributed by atoms with van der Waals surface area (Å²) in [5, 5.41) is 28.3. The predicted molar refractivity (Wildman–Crippen MR) is 189 cm³/mol. The number of benzene rings is 3. The number of urea groups is 1. The first kappa shape index (κ1) is 33.2. The molecule has 3 aromatic rings. The maximum atomic E-state index is 13.4. The second-order valence-corrected chi connectivity index (χ2v) is 16.0. The number of amides is 2. The van der Waals surface area contributed by atoms with E-state index < -0.39 is 11.9 Å². The van der Waals surface area contributed by atoms with Crippen molar-refractivity contribution in [1.82, 2.24) is 10.2 Å². The van der Waals surface area contributed by atoms with E-state index in [4.69, 9.17) is 21.1 Å². The van der Waals surface area contributed by atoms with Crippen LogP contribution < -0.4 is 10.6 Å². The molecule has 2 saturated heterocycles. The normalized spacial score (nSPS) is 32.1. The van der Waals surface area contributed by atoms with Gasteiger partial charge in [0.05, 0.1) is 24.4 Å². The number of hydrogen-bond acceptors (Lipinski definition) is 6. The SMILES string of the molecule is O=C(Nc1cccc([C@H]2O[C@@H](CN3CCC(O)(c4ccc(Cl)cc4)CC3)C[C@@H](c3ccc(CO)cc3)O2)c1)NC12CC3CC(CC(C3)C1)C2. The van der Waals surface area contributed by atoms with Crippen LogP contribution >= 0.6 is 11.6 Å². The van der Waals surface area contributed by atoms with Crippen molar-refractivity contribution in [2.75, 3.05) is 25.0 Å². The van der Waals surface area contributed by atoms with Crippen LogP contribution in [0.15, 0.2) is 72.8 Å². The van der Waals surface area contributed by atoms with E-state index in [0.717, 1.165) is 78.0 Å². The van der Waals surface area contributed by atoms with Gasteiger partial charge in [0.25, 0.3) is 0 Å². The number of likely N-dealkylation sites (tertiary alicyclic amines) is 1. The standard InChI is InChI=1S/C40H48ClN3O5/c41-33-10-8-32(9-11-33)40(47)12-14-44(15-13-40)24-35-20-36(30-6-4-26(25-45)5-7-30)49-37(48-35)31-2-1-3-34(19-31)42-38(46)43-39-21-27-16-28(22-39)18-29(17-27)23-39/h1-11,19,27-29,35-37,45,47H,12-18,20-25H2,(H2,42,43,46)/t27?,28?,29?,35-,36+,37+,39?/m1/s1. The minimum atomic E-state index is -0.868. The number of aliphatic hydroxyl groups is 2. The molecular weight excluding hydrogens is 638 g/mol. The lowest BCUT2D eigenvalue weighted by atomic mass is 9.53. The summed E-state index contributed by atoms with van der Waals surface area (Å²) >= 11 is 6.10. The number of rotatable bonds is 8. The van der Waals surface area contributed by atoms with Crippen LogP contribution in [-0.4, -0.2) is 52.4 Å². The van der Waals surface area contributed by atoms with Crippen molar-refractivity contribution in [1.29, 1.82) is 0 Å². The molecular formula is C40H48ClN3O5. The van der Waals surface area contributed by atoms with Crippen LogP contribution in [0.25, 0.3) is 0 Å². The highest BCUT2D eigenvalue weighted by Crippen LogP contribution is 2.55. The molecule has 49 heavy (non-hydrogen) atoms. The summed E-state index contributed by atoms with van der Waals surface area (Å²) < 4.78 is 13.3. The molecule has 8 nitrogen and oxygen atoms in total. The van der Waals surface area contributed by atoms with Gasteiger partial charge in [-0.3, -0.25) is 0 Å². The van der Waals surface area contributed by atoms with Crippen LogP contribution in [0.3, 0.4) is 0 Å². The third-order valence-corrected chi connectivity index (χ3v) is 12.2. The summed E-state index contributed by atoms with van der Waals surface area (Å²) in [7, 11) is 0. The van der Waals surface area contributed by atoms with Gasteiger partial charge in [-0.2, -0.15) is 0 Å². The van der Waals surface area contributed by atoms with Gasteiger partial charge in [-0.15, -0.1) is 0 Å². The van der Waals surface area contributed by atoms with E-state index in [1.807, 2.05) is 72.8 Å². The first-order valence-electron chi connectivity index (χ1n) is 18.1. The molecule has 3 atom stereocenters. The van der Waals surface area contributed by atoms with Gasteiger partial charge in [-0.1, -0.05) is 60.1 Å². The number of nitrogens with one attached hydrogen (secondary N) is 2. The van der Waals surface area contributed by atoms with Gasteiger partial charge in [0.15, 0.2) is 6.29 Å². The van der Waals surface area contributed by atoms with Crippen molar-refractivity contribution in [2.45, 2.75) is 94.0 Å².